The van der Waals surface area contributed by atoms with E-state index in [0.717, 1.165) is 30.4 Å². The predicted octanol–water partition coefficient (Wildman–Crippen LogP) is 3.05. The molecule has 0 aromatic heterocycles. The third-order valence-corrected chi connectivity index (χ3v) is 5.14. The van der Waals surface area contributed by atoms with E-state index in [1.165, 1.54) is 4.90 Å². The van der Waals surface area contributed by atoms with Gasteiger partial charge in [0, 0.05) is 49.4 Å². The number of aliphatic imine (C=N–C) groups is 1. The van der Waals surface area contributed by atoms with Crippen LogP contribution in [0, 0.1) is 0 Å². The predicted molar refractivity (Wildman–Crippen MR) is 138 cm³/mol. The number of hydrogen-bond donors (Lipinski definition) is 3. The van der Waals surface area contributed by atoms with Crippen molar-refractivity contribution in [2.24, 2.45) is 4.99 Å². The number of nitrogens with one attached hydrogen (secondary N) is 3. The maximum atomic E-state index is 12.3. The molecule has 2 aromatic rings. The first-order valence-electron chi connectivity index (χ1n) is 9.72. The number of guanidine groups is 1. The minimum Gasteiger partial charge on any atom is -0.356 e. The van der Waals surface area contributed by atoms with Crippen LogP contribution >= 0.6 is 35.7 Å². The Morgan fingerprint density at radius 3 is 2.47 bits per heavy atom. The van der Waals surface area contributed by atoms with E-state index in [1.54, 1.807) is 7.05 Å². The Kier molecular flexibility index (Phi) is 13.2. The summed E-state index contributed by atoms with van der Waals surface area (Å²) in [5.74, 6) is 1.65. The third kappa shape index (κ3) is 10.3. The number of nitrogens with zero attached hydrogens (tertiary/aromatic N) is 2. The summed E-state index contributed by atoms with van der Waals surface area (Å²) in [5, 5.41) is 9.56. The van der Waals surface area contributed by atoms with Crippen molar-refractivity contribution in [3.05, 3.63) is 65.7 Å². The van der Waals surface area contributed by atoms with Crippen molar-refractivity contribution in [2.45, 2.75) is 11.4 Å². The Labute approximate surface area is 201 Å². The van der Waals surface area contributed by atoms with Crippen molar-refractivity contribution < 1.29 is 4.79 Å². The van der Waals surface area contributed by atoms with Crippen LogP contribution in [0.4, 0.5) is 0 Å². The maximum absolute atomic E-state index is 12.3. The molecule has 0 aliphatic carbocycles. The molecule has 164 valence electrons. The highest BCUT2D eigenvalue weighted by molar-refractivity contribution is 14.0. The van der Waals surface area contributed by atoms with Crippen molar-refractivity contribution in [3.8, 4) is 0 Å². The Hall–Kier alpha value is -1.78. The lowest BCUT2D eigenvalue weighted by Crippen LogP contribution is -2.38. The average molecular weight is 542 g/mol. The van der Waals surface area contributed by atoms with Crippen LogP contribution in [0.15, 0.2) is 64.5 Å². The smallest absolute Gasteiger partial charge is 0.251 e. The van der Waals surface area contributed by atoms with Crippen LogP contribution in [0.2, 0.25) is 0 Å². The van der Waals surface area contributed by atoms with Gasteiger partial charge in [-0.25, -0.2) is 0 Å². The molecular weight excluding hydrogens is 509 g/mol. The standard InChI is InChI=1S/C22H31N5OS.HI/c1-23-22(25-13-15-29-20-10-5-4-6-11-20)26-17-18-8-7-9-19(16-18)21(28)24-12-14-27(2)3;/h4-11,16H,12-15,17H2,1-3H3,(H,24,28)(H2,23,25,26);1H. The van der Waals surface area contributed by atoms with Crippen molar-refractivity contribution >= 4 is 47.6 Å². The molecule has 6 nitrogen and oxygen atoms in total. The zero-order chi connectivity index (χ0) is 20.9. The highest BCUT2D eigenvalue weighted by Crippen LogP contribution is 2.15. The van der Waals surface area contributed by atoms with E-state index in [1.807, 2.05) is 73.2 Å². The van der Waals surface area contributed by atoms with Crippen molar-refractivity contribution in [2.75, 3.05) is 46.5 Å². The first kappa shape index (κ1) is 26.3. The SMILES string of the molecule is CN=C(NCCSc1ccccc1)NCc1cccc(C(=O)NCCN(C)C)c1.I. The molecule has 1 amide bonds. The lowest BCUT2D eigenvalue weighted by molar-refractivity contribution is 0.0951. The van der Waals surface area contributed by atoms with E-state index < -0.39 is 0 Å². The van der Waals surface area contributed by atoms with Crippen LogP contribution in [-0.2, 0) is 6.54 Å². The summed E-state index contributed by atoms with van der Waals surface area (Å²) < 4.78 is 0. The van der Waals surface area contributed by atoms with E-state index in [4.69, 9.17) is 0 Å². The molecule has 0 saturated carbocycles. The highest BCUT2D eigenvalue weighted by Gasteiger charge is 2.06. The van der Waals surface area contributed by atoms with Gasteiger partial charge >= 0.3 is 0 Å². The van der Waals surface area contributed by atoms with E-state index in [9.17, 15) is 4.79 Å². The number of carbonyl (C=O) groups is 1. The van der Waals surface area contributed by atoms with Gasteiger partial charge in [0.25, 0.3) is 5.91 Å². The number of amides is 1. The fraction of sp³-hybridized carbons (Fsp3) is 0.364. The summed E-state index contributed by atoms with van der Waals surface area (Å²) >= 11 is 1.81. The van der Waals surface area contributed by atoms with Crippen LogP contribution < -0.4 is 16.0 Å². The summed E-state index contributed by atoms with van der Waals surface area (Å²) in [6, 6.07) is 18.0. The Bertz CT molecular complexity index is 786. The van der Waals surface area contributed by atoms with Gasteiger partial charge in [-0.05, 0) is 43.9 Å². The number of likely N-dealkylation sites (N-methyl/N-ethyl adjacent to an activating group) is 1. The van der Waals surface area contributed by atoms with Gasteiger partial charge in [-0.2, -0.15) is 0 Å². The van der Waals surface area contributed by atoms with Crippen LogP contribution in [0.25, 0.3) is 0 Å². The summed E-state index contributed by atoms with van der Waals surface area (Å²) in [7, 11) is 5.73. The fourth-order valence-corrected chi connectivity index (χ4v) is 3.37. The fourth-order valence-electron chi connectivity index (χ4n) is 2.58. The Morgan fingerprint density at radius 1 is 1.00 bits per heavy atom. The number of benzene rings is 2. The maximum Gasteiger partial charge on any atom is 0.251 e. The topological polar surface area (TPSA) is 68.8 Å². The third-order valence-electron chi connectivity index (χ3n) is 4.12. The molecule has 0 spiro atoms. The Balaban J connectivity index is 0.00000450. The van der Waals surface area contributed by atoms with Gasteiger partial charge < -0.3 is 20.9 Å². The normalized spacial score (nSPS) is 11.0. The van der Waals surface area contributed by atoms with Crippen molar-refractivity contribution in [1.29, 1.82) is 0 Å². The molecule has 0 bridgehead atoms. The van der Waals surface area contributed by atoms with Crippen LogP contribution in [0.3, 0.4) is 0 Å². The summed E-state index contributed by atoms with van der Waals surface area (Å²) in [6.07, 6.45) is 0. The Morgan fingerprint density at radius 2 is 1.77 bits per heavy atom. The average Bonchev–Trinajstić information content (AvgIpc) is 2.74. The number of rotatable bonds is 10. The molecule has 8 heteroatoms. The first-order valence-corrected chi connectivity index (χ1v) is 10.7. The monoisotopic (exact) mass is 541 g/mol. The molecule has 0 fully saturated rings. The number of halogens is 1. The number of hydrogen-bond acceptors (Lipinski definition) is 4. The zero-order valence-electron chi connectivity index (χ0n) is 17.9. The summed E-state index contributed by atoms with van der Waals surface area (Å²) in [4.78, 5) is 19.8. The highest BCUT2D eigenvalue weighted by atomic mass is 127. The van der Waals surface area contributed by atoms with Crippen LogP contribution in [-0.4, -0.2) is 63.3 Å². The van der Waals surface area contributed by atoms with Crippen LogP contribution in [0.5, 0.6) is 0 Å². The van der Waals surface area contributed by atoms with Gasteiger partial charge in [0.15, 0.2) is 5.96 Å². The quantitative estimate of drug-likeness (QED) is 0.142. The summed E-state index contributed by atoms with van der Waals surface area (Å²) in [6.45, 7) is 2.86. The lowest BCUT2D eigenvalue weighted by Gasteiger charge is -2.13. The second kappa shape index (κ2) is 15.1. The van der Waals surface area contributed by atoms with Gasteiger partial charge in [-0.15, -0.1) is 35.7 Å². The van der Waals surface area contributed by atoms with Gasteiger partial charge in [0.1, 0.15) is 0 Å². The molecule has 0 saturated heterocycles. The molecule has 0 unspecified atom stereocenters. The van der Waals surface area contributed by atoms with E-state index in [0.29, 0.717) is 18.7 Å². The number of thioether (sulfide) groups is 1. The molecule has 0 heterocycles. The number of carbonyl (C=O) groups excluding carboxylic acids is 1. The van der Waals surface area contributed by atoms with Gasteiger partial charge in [0.05, 0.1) is 0 Å². The lowest BCUT2D eigenvalue weighted by atomic mass is 10.1. The molecule has 2 rings (SSSR count). The van der Waals surface area contributed by atoms with E-state index in [2.05, 4.69) is 33.1 Å². The van der Waals surface area contributed by atoms with Gasteiger partial charge in [-0.1, -0.05) is 30.3 Å². The molecule has 0 atom stereocenters. The largest absolute Gasteiger partial charge is 0.356 e. The molecule has 0 aliphatic rings. The van der Waals surface area contributed by atoms with Gasteiger partial charge in [-0.3, -0.25) is 9.79 Å². The van der Waals surface area contributed by atoms with Crippen molar-refractivity contribution in [1.82, 2.24) is 20.9 Å². The summed E-state index contributed by atoms with van der Waals surface area (Å²) in [5.41, 5.74) is 1.71. The van der Waals surface area contributed by atoms with E-state index in [-0.39, 0.29) is 29.9 Å². The van der Waals surface area contributed by atoms with Crippen molar-refractivity contribution in [3.63, 3.8) is 0 Å². The molecule has 30 heavy (non-hydrogen) atoms. The van der Waals surface area contributed by atoms with Crippen LogP contribution in [0.1, 0.15) is 15.9 Å². The molecule has 0 radical (unpaired) electrons. The molecular formula is C22H32IN5OS. The second-order valence-electron chi connectivity index (χ2n) is 6.77. The molecule has 2 aromatic carbocycles. The second-order valence-corrected chi connectivity index (χ2v) is 7.94. The molecule has 0 aliphatic heterocycles. The zero-order valence-corrected chi connectivity index (χ0v) is 21.0. The van der Waals surface area contributed by atoms with Gasteiger partial charge in [0.2, 0.25) is 0 Å². The minimum absolute atomic E-state index is 0. The van der Waals surface area contributed by atoms with E-state index >= 15 is 0 Å². The minimum atomic E-state index is -0.0471. The molecule has 3 N–H and O–H groups in total. The first-order chi connectivity index (χ1) is 14.1.